The topological polar surface area (TPSA) is 71.1 Å². The SMILES string of the molecule is CC[C@@H]1COC[C@H](C)C[C@H](Nc2ncc3oc(C#N)cc3c2Br)C1. The first-order chi connectivity index (χ1) is 11.6. The van der Waals surface area contributed by atoms with Crippen LogP contribution in [0.4, 0.5) is 5.82 Å². The van der Waals surface area contributed by atoms with Gasteiger partial charge in [0.25, 0.3) is 0 Å². The number of pyridine rings is 1. The summed E-state index contributed by atoms with van der Waals surface area (Å²) in [6.07, 6.45) is 4.92. The maximum Gasteiger partial charge on any atom is 0.204 e. The molecule has 3 heterocycles. The zero-order chi connectivity index (χ0) is 17.1. The highest BCUT2D eigenvalue weighted by atomic mass is 79.9. The average molecular weight is 392 g/mol. The van der Waals surface area contributed by atoms with E-state index < -0.39 is 0 Å². The number of anilines is 1. The van der Waals surface area contributed by atoms with Crippen LogP contribution >= 0.6 is 15.9 Å². The van der Waals surface area contributed by atoms with Gasteiger partial charge in [0.2, 0.25) is 5.76 Å². The maximum absolute atomic E-state index is 9.00. The van der Waals surface area contributed by atoms with Crippen LogP contribution in [0.15, 0.2) is 21.2 Å². The summed E-state index contributed by atoms with van der Waals surface area (Å²) >= 11 is 3.61. The molecule has 0 bridgehead atoms. The standard InChI is InChI=1S/C18H22BrN3O2/c1-3-12-5-13(4-11(2)9-23-10-12)22-18-17(19)15-6-14(7-20)24-16(15)8-21-18/h6,8,11-13H,3-5,9-10H2,1-2H3,(H,21,22)/t11-,12+,13+/m1/s1. The Labute approximate surface area is 150 Å². The van der Waals surface area contributed by atoms with Crippen molar-refractivity contribution >= 4 is 32.7 Å². The Balaban J connectivity index is 1.84. The van der Waals surface area contributed by atoms with Crippen LogP contribution in [0.5, 0.6) is 0 Å². The second kappa shape index (κ2) is 7.54. The third-order valence-electron chi connectivity index (χ3n) is 4.61. The lowest BCUT2D eigenvalue weighted by Gasteiger charge is -2.30. The minimum Gasteiger partial charge on any atom is -0.444 e. The predicted octanol–water partition coefficient (Wildman–Crippen LogP) is 4.72. The van der Waals surface area contributed by atoms with Crippen LogP contribution in [0.2, 0.25) is 0 Å². The quantitative estimate of drug-likeness (QED) is 0.819. The summed E-state index contributed by atoms with van der Waals surface area (Å²) < 4.78 is 12.1. The van der Waals surface area contributed by atoms with E-state index in [0.29, 0.717) is 29.2 Å². The smallest absolute Gasteiger partial charge is 0.204 e. The largest absolute Gasteiger partial charge is 0.444 e. The molecule has 0 spiro atoms. The lowest BCUT2D eigenvalue weighted by molar-refractivity contribution is 0.0516. The van der Waals surface area contributed by atoms with E-state index in [0.717, 1.165) is 48.2 Å². The first-order valence-electron chi connectivity index (χ1n) is 8.43. The number of ether oxygens (including phenoxy) is 1. The number of hydrogen-bond acceptors (Lipinski definition) is 5. The predicted molar refractivity (Wildman–Crippen MR) is 96.8 cm³/mol. The summed E-state index contributed by atoms with van der Waals surface area (Å²) in [5, 5.41) is 13.5. The Morgan fingerprint density at radius 1 is 1.42 bits per heavy atom. The van der Waals surface area contributed by atoms with Crippen molar-refractivity contribution in [1.82, 2.24) is 4.98 Å². The van der Waals surface area contributed by atoms with E-state index in [1.165, 1.54) is 0 Å². The van der Waals surface area contributed by atoms with Crippen molar-refractivity contribution in [2.24, 2.45) is 11.8 Å². The molecule has 6 heteroatoms. The molecule has 24 heavy (non-hydrogen) atoms. The van der Waals surface area contributed by atoms with E-state index in [4.69, 9.17) is 14.4 Å². The molecule has 0 aromatic carbocycles. The average Bonchev–Trinajstić information content (AvgIpc) is 2.98. The molecule has 128 valence electrons. The van der Waals surface area contributed by atoms with Gasteiger partial charge in [-0.3, -0.25) is 0 Å². The molecule has 1 N–H and O–H groups in total. The molecule has 3 rings (SSSR count). The summed E-state index contributed by atoms with van der Waals surface area (Å²) in [5.41, 5.74) is 0.620. The van der Waals surface area contributed by atoms with Crippen LogP contribution in [0.3, 0.4) is 0 Å². The van der Waals surface area contributed by atoms with Crippen LogP contribution in [-0.2, 0) is 4.74 Å². The van der Waals surface area contributed by atoms with E-state index in [2.05, 4.69) is 40.1 Å². The Morgan fingerprint density at radius 2 is 2.25 bits per heavy atom. The zero-order valence-corrected chi connectivity index (χ0v) is 15.6. The molecule has 0 amide bonds. The molecule has 1 aliphatic heterocycles. The molecule has 0 saturated carbocycles. The lowest BCUT2D eigenvalue weighted by atomic mass is 9.90. The summed E-state index contributed by atoms with van der Waals surface area (Å²) in [6.45, 7) is 6.09. The summed E-state index contributed by atoms with van der Waals surface area (Å²) in [4.78, 5) is 4.49. The van der Waals surface area contributed by atoms with Crippen LogP contribution in [0.1, 0.15) is 38.9 Å². The fourth-order valence-corrected chi connectivity index (χ4v) is 3.81. The van der Waals surface area contributed by atoms with Crippen molar-refractivity contribution in [3.05, 3.63) is 22.5 Å². The minimum atomic E-state index is 0.299. The fourth-order valence-electron chi connectivity index (χ4n) is 3.29. The summed E-state index contributed by atoms with van der Waals surface area (Å²) in [7, 11) is 0. The Morgan fingerprint density at radius 3 is 3.00 bits per heavy atom. The molecule has 0 radical (unpaired) electrons. The van der Waals surface area contributed by atoms with Gasteiger partial charge in [0.15, 0.2) is 5.58 Å². The molecule has 2 aromatic rings. The Hall–Kier alpha value is -1.58. The van der Waals surface area contributed by atoms with Gasteiger partial charge >= 0.3 is 0 Å². The van der Waals surface area contributed by atoms with Crippen LogP contribution in [-0.4, -0.2) is 24.2 Å². The molecule has 1 fully saturated rings. The van der Waals surface area contributed by atoms with E-state index >= 15 is 0 Å². The van der Waals surface area contributed by atoms with Gasteiger partial charge < -0.3 is 14.5 Å². The molecule has 0 aliphatic carbocycles. The summed E-state index contributed by atoms with van der Waals surface area (Å²) in [6, 6.07) is 4.13. The van der Waals surface area contributed by atoms with Gasteiger partial charge in [-0.2, -0.15) is 5.26 Å². The third-order valence-corrected chi connectivity index (χ3v) is 5.41. The van der Waals surface area contributed by atoms with E-state index in [1.807, 2.05) is 6.07 Å². The van der Waals surface area contributed by atoms with E-state index in [1.54, 1.807) is 12.3 Å². The molecular formula is C18H22BrN3O2. The van der Waals surface area contributed by atoms with Crippen LogP contribution in [0, 0.1) is 23.2 Å². The van der Waals surface area contributed by atoms with Crippen molar-refractivity contribution in [2.75, 3.05) is 18.5 Å². The number of hydrogen-bond donors (Lipinski definition) is 1. The molecule has 3 atom stereocenters. The van der Waals surface area contributed by atoms with Crippen molar-refractivity contribution in [1.29, 1.82) is 5.26 Å². The van der Waals surface area contributed by atoms with Crippen molar-refractivity contribution in [3.8, 4) is 6.07 Å². The van der Waals surface area contributed by atoms with Crippen LogP contribution < -0.4 is 5.32 Å². The Kier molecular flexibility index (Phi) is 5.42. The molecule has 1 saturated heterocycles. The van der Waals surface area contributed by atoms with Gasteiger partial charge in [-0.1, -0.05) is 20.3 Å². The number of furan rings is 1. The highest BCUT2D eigenvalue weighted by molar-refractivity contribution is 9.10. The number of aromatic nitrogens is 1. The highest BCUT2D eigenvalue weighted by Gasteiger charge is 2.23. The second-order valence-corrected chi connectivity index (χ2v) is 7.44. The number of nitriles is 1. The fraction of sp³-hybridized carbons (Fsp3) is 0.556. The molecule has 2 aromatic heterocycles. The van der Waals surface area contributed by atoms with Gasteiger partial charge in [0.05, 0.1) is 10.7 Å². The van der Waals surface area contributed by atoms with E-state index in [-0.39, 0.29) is 0 Å². The van der Waals surface area contributed by atoms with Crippen LogP contribution in [0.25, 0.3) is 11.0 Å². The molecule has 0 unspecified atom stereocenters. The first kappa shape index (κ1) is 17.2. The number of halogens is 1. The van der Waals surface area contributed by atoms with E-state index in [9.17, 15) is 0 Å². The van der Waals surface area contributed by atoms with Gasteiger partial charge in [0.1, 0.15) is 11.9 Å². The van der Waals surface area contributed by atoms with Crippen molar-refractivity contribution < 1.29 is 9.15 Å². The molecular weight excluding hydrogens is 370 g/mol. The van der Waals surface area contributed by atoms with Crippen molar-refractivity contribution in [3.63, 3.8) is 0 Å². The zero-order valence-electron chi connectivity index (χ0n) is 14.0. The molecule has 1 aliphatic rings. The monoisotopic (exact) mass is 391 g/mol. The van der Waals surface area contributed by atoms with Gasteiger partial charge in [-0.05, 0) is 40.6 Å². The highest BCUT2D eigenvalue weighted by Crippen LogP contribution is 2.33. The normalized spacial score (nSPS) is 25.0. The maximum atomic E-state index is 9.00. The second-order valence-electron chi connectivity index (χ2n) is 6.65. The molecule has 5 nitrogen and oxygen atoms in total. The first-order valence-corrected chi connectivity index (χ1v) is 9.22. The minimum absolute atomic E-state index is 0.299. The number of fused-ring (bicyclic) bond motifs is 1. The van der Waals surface area contributed by atoms with Crippen molar-refractivity contribution in [2.45, 2.75) is 39.2 Å². The third kappa shape index (κ3) is 3.73. The lowest BCUT2D eigenvalue weighted by Crippen LogP contribution is -2.31. The number of rotatable bonds is 3. The van der Waals surface area contributed by atoms with Gasteiger partial charge in [-0.25, -0.2) is 4.98 Å². The summed E-state index contributed by atoms with van der Waals surface area (Å²) in [5.74, 6) is 2.19. The van der Waals surface area contributed by atoms with Gasteiger partial charge in [-0.15, -0.1) is 0 Å². The number of nitrogens with one attached hydrogen (secondary N) is 1. The Bertz CT molecular complexity index is 753. The van der Waals surface area contributed by atoms with Gasteiger partial charge in [0, 0.05) is 30.7 Å². The number of nitrogens with zero attached hydrogens (tertiary/aromatic N) is 2.